The minimum Gasteiger partial charge on any atom is -0.469 e. The Morgan fingerprint density at radius 3 is 2.05 bits per heavy atom. The molecule has 0 unspecified atom stereocenters. The zero-order valence-electron chi connectivity index (χ0n) is 13.6. The summed E-state index contributed by atoms with van der Waals surface area (Å²) in [7, 11) is 1.45. The van der Waals surface area contributed by atoms with Crippen LogP contribution in [0.1, 0.15) is 58.3 Å². The summed E-state index contributed by atoms with van der Waals surface area (Å²) in [5.41, 5.74) is 0. The number of hydrogen-bond acceptors (Lipinski definition) is 2. The van der Waals surface area contributed by atoms with Gasteiger partial charge in [-0.3, -0.25) is 4.79 Å². The van der Waals surface area contributed by atoms with Crippen LogP contribution in [-0.4, -0.2) is 13.1 Å². The quantitative estimate of drug-likeness (QED) is 0.269. The highest BCUT2D eigenvalue weighted by atomic mass is 16.7. The first-order valence-corrected chi connectivity index (χ1v) is 8.03. The van der Waals surface area contributed by atoms with Crippen LogP contribution >= 0.6 is 0 Å². The molecule has 0 atom stereocenters. The van der Waals surface area contributed by atoms with Gasteiger partial charge in [0, 0.05) is 6.42 Å². The summed E-state index contributed by atoms with van der Waals surface area (Å²) in [4.78, 5) is 10.9. The molecule has 21 heavy (non-hydrogen) atoms. The number of hydrogen-bond donors (Lipinski definition) is 0. The fourth-order valence-electron chi connectivity index (χ4n) is 1.81. The van der Waals surface area contributed by atoms with Crippen molar-refractivity contribution in [1.82, 2.24) is 0 Å². The number of unbranched alkanes of at least 4 members (excludes halogenated alkanes) is 5. The van der Waals surface area contributed by atoms with Gasteiger partial charge in [-0.25, -0.2) is 0 Å². The van der Waals surface area contributed by atoms with E-state index in [1.807, 2.05) is 18.2 Å². The fourth-order valence-corrected chi connectivity index (χ4v) is 1.81. The second kappa shape index (κ2) is 16.5. The van der Waals surface area contributed by atoms with Gasteiger partial charge in [-0.1, -0.05) is 74.8 Å². The maximum absolute atomic E-state index is 10.9. The number of esters is 1. The summed E-state index contributed by atoms with van der Waals surface area (Å²) < 4.78 is 4.61. The molecular formula is C19H30O2. The number of rotatable bonds is 12. The second-order valence-corrected chi connectivity index (χ2v) is 4.92. The summed E-state index contributed by atoms with van der Waals surface area (Å²) in [5, 5.41) is 0. The zero-order valence-corrected chi connectivity index (χ0v) is 13.6. The van der Waals surface area contributed by atoms with Gasteiger partial charge < -0.3 is 4.74 Å². The Balaban J connectivity index is 3.36. The van der Waals surface area contributed by atoms with Crippen LogP contribution in [0.4, 0.5) is 0 Å². The van der Waals surface area contributed by atoms with Crippen molar-refractivity contribution >= 4 is 5.97 Å². The van der Waals surface area contributed by atoms with Gasteiger partial charge in [0.25, 0.3) is 0 Å². The molecule has 0 N–H and O–H groups in total. The molecule has 0 aliphatic heterocycles. The Bertz CT molecular complexity index is 349. The van der Waals surface area contributed by atoms with Gasteiger partial charge in [-0.05, 0) is 25.7 Å². The molecule has 0 spiro atoms. The van der Waals surface area contributed by atoms with Crippen LogP contribution in [-0.2, 0) is 9.53 Å². The van der Waals surface area contributed by atoms with E-state index in [1.54, 1.807) is 0 Å². The third-order valence-electron chi connectivity index (χ3n) is 3.04. The van der Waals surface area contributed by atoms with Crippen molar-refractivity contribution in [3.05, 3.63) is 48.6 Å². The van der Waals surface area contributed by atoms with Crippen molar-refractivity contribution in [1.29, 1.82) is 0 Å². The van der Waals surface area contributed by atoms with Crippen LogP contribution in [0.5, 0.6) is 0 Å². The van der Waals surface area contributed by atoms with Crippen molar-refractivity contribution < 1.29 is 9.53 Å². The first-order valence-electron chi connectivity index (χ1n) is 8.03. The number of ether oxygens (including phenoxy) is 1. The van der Waals surface area contributed by atoms with Crippen LogP contribution in [0.15, 0.2) is 48.6 Å². The van der Waals surface area contributed by atoms with Crippen LogP contribution < -0.4 is 0 Å². The minimum absolute atomic E-state index is 0.0936. The number of carbonyl (C=O) groups is 1. The topological polar surface area (TPSA) is 26.3 Å². The Morgan fingerprint density at radius 1 is 0.810 bits per heavy atom. The predicted octanol–water partition coefficient (Wildman–Crippen LogP) is 5.52. The van der Waals surface area contributed by atoms with Crippen LogP contribution in [0, 0.1) is 0 Å². The lowest BCUT2D eigenvalue weighted by molar-refractivity contribution is -0.140. The van der Waals surface area contributed by atoms with Crippen LogP contribution in [0.2, 0.25) is 0 Å². The summed E-state index contributed by atoms with van der Waals surface area (Å²) in [6, 6.07) is 0. The lowest BCUT2D eigenvalue weighted by atomic mass is 10.1. The van der Waals surface area contributed by atoms with E-state index in [0.717, 1.165) is 25.7 Å². The molecule has 0 aromatic carbocycles. The molecule has 0 aromatic heterocycles. The Labute approximate surface area is 130 Å². The highest BCUT2D eigenvalue weighted by molar-refractivity contribution is 5.68. The van der Waals surface area contributed by atoms with E-state index in [0.29, 0.717) is 6.42 Å². The van der Waals surface area contributed by atoms with E-state index in [2.05, 4.69) is 42.0 Å². The average Bonchev–Trinajstić information content (AvgIpc) is 2.50. The predicted molar refractivity (Wildman–Crippen MR) is 91.2 cm³/mol. The lowest BCUT2D eigenvalue weighted by Crippen LogP contribution is -1.98. The van der Waals surface area contributed by atoms with Crippen molar-refractivity contribution in [3.8, 4) is 0 Å². The Kier molecular flexibility index (Phi) is 15.3. The summed E-state index contributed by atoms with van der Waals surface area (Å²) in [5.74, 6) is -0.0936. The molecule has 118 valence electrons. The van der Waals surface area contributed by atoms with Gasteiger partial charge in [0.05, 0.1) is 7.11 Å². The second-order valence-electron chi connectivity index (χ2n) is 4.92. The largest absolute Gasteiger partial charge is 0.469 e. The molecule has 0 saturated carbocycles. The zero-order chi connectivity index (χ0) is 15.6. The molecule has 2 nitrogen and oxygen atoms in total. The number of carbonyl (C=O) groups excluding carboxylic acids is 1. The number of methoxy groups -OCH3 is 1. The molecule has 0 amide bonds. The Hall–Kier alpha value is -1.57. The fraction of sp³-hybridized carbons (Fsp3) is 0.526. The van der Waals surface area contributed by atoms with E-state index in [4.69, 9.17) is 0 Å². The highest BCUT2D eigenvalue weighted by Gasteiger charge is 1.98. The maximum Gasteiger partial charge on any atom is 0.305 e. The smallest absolute Gasteiger partial charge is 0.305 e. The lowest BCUT2D eigenvalue weighted by Gasteiger charge is -1.99. The molecule has 0 fully saturated rings. The van der Waals surface area contributed by atoms with E-state index < -0.39 is 0 Å². The minimum atomic E-state index is -0.0936. The first-order chi connectivity index (χ1) is 10.3. The summed E-state index contributed by atoms with van der Waals surface area (Å²) >= 11 is 0. The molecule has 0 heterocycles. The van der Waals surface area contributed by atoms with E-state index >= 15 is 0 Å². The molecule has 0 bridgehead atoms. The molecule has 0 aliphatic carbocycles. The molecule has 0 saturated heterocycles. The van der Waals surface area contributed by atoms with E-state index in [9.17, 15) is 4.79 Å². The van der Waals surface area contributed by atoms with Gasteiger partial charge in [0.2, 0.25) is 0 Å². The third-order valence-corrected chi connectivity index (χ3v) is 3.04. The monoisotopic (exact) mass is 292 g/mol. The maximum atomic E-state index is 10.9. The summed E-state index contributed by atoms with van der Waals surface area (Å²) in [6.45, 7) is 2.13. The molecule has 0 aliphatic rings. The van der Waals surface area contributed by atoms with E-state index in [-0.39, 0.29) is 5.97 Å². The molecule has 0 aromatic rings. The third kappa shape index (κ3) is 16.4. The van der Waals surface area contributed by atoms with Crippen molar-refractivity contribution in [2.45, 2.75) is 58.3 Å². The van der Waals surface area contributed by atoms with Crippen molar-refractivity contribution in [2.75, 3.05) is 7.11 Å². The summed E-state index contributed by atoms with van der Waals surface area (Å²) in [6.07, 6.45) is 25.2. The molecule has 0 rings (SSSR count). The van der Waals surface area contributed by atoms with Gasteiger partial charge >= 0.3 is 5.97 Å². The van der Waals surface area contributed by atoms with Crippen LogP contribution in [0.25, 0.3) is 0 Å². The van der Waals surface area contributed by atoms with Gasteiger partial charge in [0.15, 0.2) is 0 Å². The van der Waals surface area contributed by atoms with Crippen LogP contribution in [0.3, 0.4) is 0 Å². The van der Waals surface area contributed by atoms with Gasteiger partial charge in [-0.15, -0.1) is 0 Å². The van der Waals surface area contributed by atoms with Gasteiger partial charge in [-0.2, -0.15) is 0 Å². The average molecular weight is 292 g/mol. The highest BCUT2D eigenvalue weighted by Crippen LogP contribution is 2.08. The Morgan fingerprint density at radius 2 is 1.38 bits per heavy atom. The SMILES string of the molecule is CC\C=C/C=C/C=C/C=C\CCCCCCC[14C](=O)OC. The van der Waals surface area contributed by atoms with Crippen molar-refractivity contribution in [2.24, 2.45) is 0 Å². The normalized spacial score (nSPS) is 12.3. The number of allylic oxidation sites excluding steroid dienone is 8. The molecule has 0 radical (unpaired) electrons. The van der Waals surface area contributed by atoms with Gasteiger partial charge in [0.1, 0.15) is 0 Å². The first kappa shape index (κ1) is 19.4. The molecular weight excluding hydrogens is 262 g/mol. The van der Waals surface area contributed by atoms with Crippen molar-refractivity contribution in [3.63, 3.8) is 0 Å². The van der Waals surface area contributed by atoms with E-state index in [1.165, 1.54) is 26.4 Å². The standard InChI is InChI=1S/C19H30O2/c1-3-4-5-6-7-8-9-10-11-12-13-14-15-16-17-18-19(20)21-2/h4-11H,3,12-18H2,1-2H3/b5-4-,7-6+,9-8+,11-10-/i19+2. The molecule has 2 heteroatoms.